The summed E-state index contributed by atoms with van der Waals surface area (Å²) < 4.78 is 5.67. The average Bonchev–Trinajstić information content (AvgIpc) is 2.16. The second-order valence-electron chi connectivity index (χ2n) is 3.37. The lowest BCUT2D eigenvalue weighted by atomic mass is 10.2. The third-order valence-electron chi connectivity index (χ3n) is 1.78. The lowest BCUT2D eigenvalue weighted by molar-refractivity contribution is 0.240. The summed E-state index contributed by atoms with van der Waals surface area (Å²) in [6.07, 6.45) is 2.02. The van der Waals surface area contributed by atoms with Gasteiger partial charge in [0.2, 0.25) is 0 Å². The van der Waals surface area contributed by atoms with E-state index >= 15 is 0 Å². The molecule has 0 unspecified atom stereocenters. The van der Waals surface area contributed by atoms with Crippen LogP contribution in [-0.2, 0) is 6.54 Å². The van der Waals surface area contributed by atoms with Gasteiger partial charge in [0.05, 0.1) is 12.6 Å². The first-order chi connectivity index (χ1) is 6.74. The van der Waals surface area contributed by atoms with E-state index in [1.807, 2.05) is 51.3 Å². The molecule has 0 heterocycles. The third kappa shape index (κ3) is 3.21. The van der Waals surface area contributed by atoms with Crippen molar-refractivity contribution in [3.05, 3.63) is 29.8 Å². The Balaban J connectivity index is 2.79. The molecule has 0 amide bonds. The quantitative estimate of drug-likeness (QED) is 0.670. The molecule has 0 aromatic heterocycles. The zero-order valence-corrected chi connectivity index (χ0v) is 9.03. The topological polar surface area (TPSA) is 21.6 Å². The smallest absolute Gasteiger partial charge is 0.124 e. The molecule has 2 heteroatoms. The second-order valence-corrected chi connectivity index (χ2v) is 3.37. The normalized spacial score (nSPS) is 11.1. The zero-order valence-electron chi connectivity index (χ0n) is 9.03. The molecule has 0 aliphatic heterocycles. The largest absolute Gasteiger partial charge is 0.491 e. The predicted molar refractivity (Wildman–Crippen MR) is 60.1 cm³/mol. The molecule has 1 rings (SSSR count). The van der Waals surface area contributed by atoms with Crippen LogP contribution in [0.5, 0.6) is 5.75 Å². The molecule has 1 aromatic carbocycles. The van der Waals surface area contributed by atoms with E-state index in [0.29, 0.717) is 6.54 Å². The molecule has 0 atom stereocenters. The van der Waals surface area contributed by atoms with Crippen molar-refractivity contribution < 1.29 is 4.74 Å². The summed E-state index contributed by atoms with van der Waals surface area (Å²) >= 11 is 0. The number of para-hydroxylation sites is 1. The molecule has 0 aliphatic rings. The van der Waals surface area contributed by atoms with Gasteiger partial charge < -0.3 is 4.74 Å². The van der Waals surface area contributed by atoms with Crippen LogP contribution in [0, 0.1) is 0 Å². The van der Waals surface area contributed by atoms with Crippen LogP contribution in [0.3, 0.4) is 0 Å². The lowest BCUT2D eigenvalue weighted by Gasteiger charge is -2.12. The van der Waals surface area contributed by atoms with Crippen LogP contribution >= 0.6 is 0 Å². The van der Waals surface area contributed by atoms with Crippen molar-refractivity contribution in [2.45, 2.75) is 33.4 Å². The van der Waals surface area contributed by atoms with E-state index in [1.165, 1.54) is 0 Å². The standard InChI is InChI=1S/C12H17NO/c1-4-13-9-11-7-5-6-8-12(11)14-10(2)3/h4-8,10H,9H2,1-3H3/b13-4-. The summed E-state index contributed by atoms with van der Waals surface area (Å²) in [6.45, 7) is 6.67. The molecule has 2 nitrogen and oxygen atoms in total. The molecule has 0 fully saturated rings. The van der Waals surface area contributed by atoms with Crippen LogP contribution in [0.2, 0.25) is 0 Å². The highest BCUT2D eigenvalue weighted by Gasteiger charge is 2.02. The Labute approximate surface area is 85.6 Å². The number of hydrogen-bond donors (Lipinski definition) is 0. The Hall–Kier alpha value is -1.31. The summed E-state index contributed by atoms with van der Waals surface area (Å²) in [5, 5.41) is 0. The van der Waals surface area contributed by atoms with E-state index < -0.39 is 0 Å². The lowest BCUT2D eigenvalue weighted by Crippen LogP contribution is -2.07. The van der Waals surface area contributed by atoms with Crippen LogP contribution in [0.25, 0.3) is 0 Å². The van der Waals surface area contributed by atoms with Crippen LogP contribution < -0.4 is 4.74 Å². The minimum Gasteiger partial charge on any atom is -0.491 e. The number of nitrogens with zero attached hydrogens (tertiary/aromatic N) is 1. The molecule has 0 radical (unpaired) electrons. The molecule has 0 aliphatic carbocycles. The molecule has 0 spiro atoms. The van der Waals surface area contributed by atoms with E-state index in [1.54, 1.807) is 0 Å². The summed E-state index contributed by atoms with van der Waals surface area (Å²) in [5.74, 6) is 0.938. The number of rotatable bonds is 4. The Morgan fingerprint density at radius 1 is 1.36 bits per heavy atom. The maximum absolute atomic E-state index is 5.67. The van der Waals surface area contributed by atoms with Gasteiger partial charge >= 0.3 is 0 Å². The third-order valence-corrected chi connectivity index (χ3v) is 1.78. The number of benzene rings is 1. The molecular weight excluding hydrogens is 174 g/mol. The van der Waals surface area contributed by atoms with Gasteiger partial charge in [-0.1, -0.05) is 18.2 Å². The summed E-state index contributed by atoms with van der Waals surface area (Å²) in [4.78, 5) is 4.20. The highest BCUT2D eigenvalue weighted by Crippen LogP contribution is 2.19. The molecule has 0 saturated heterocycles. The Morgan fingerprint density at radius 2 is 2.07 bits per heavy atom. The van der Waals surface area contributed by atoms with Gasteiger partial charge in [0.1, 0.15) is 5.75 Å². The van der Waals surface area contributed by atoms with E-state index in [9.17, 15) is 0 Å². The minimum absolute atomic E-state index is 0.210. The van der Waals surface area contributed by atoms with Crippen molar-refractivity contribution in [2.75, 3.05) is 0 Å². The number of hydrogen-bond acceptors (Lipinski definition) is 2. The van der Waals surface area contributed by atoms with Gasteiger partial charge in [0, 0.05) is 5.56 Å². The second kappa shape index (κ2) is 5.43. The van der Waals surface area contributed by atoms with E-state index in [-0.39, 0.29) is 6.10 Å². The first-order valence-electron chi connectivity index (χ1n) is 4.93. The van der Waals surface area contributed by atoms with Crippen molar-refractivity contribution in [3.8, 4) is 5.75 Å². The zero-order chi connectivity index (χ0) is 10.4. The van der Waals surface area contributed by atoms with Crippen molar-refractivity contribution in [2.24, 2.45) is 4.99 Å². The molecule has 0 bridgehead atoms. The fourth-order valence-electron chi connectivity index (χ4n) is 1.19. The number of ether oxygens (including phenoxy) is 1. The Kier molecular flexibility index (Phi) is 4.17. The van der Waals surface area contributed by atoms with Crippen LogP contribution in [0.1, 0.15) is 26.3 Å². The van der Waals surface area contributed by atoms with Gasteiger partial charge in [-0.2, -0.15) is 0 Å². The Bertz CT molecular complexity index is 305. The highest BCUT2D eigenvalue weighted by molar-refractivity contribution is 5.53. The maximum atomic E-state index is 5.67. The predicted octanol–water partition coefficient (Wildman–Crippen LogP) is 3.06. The Morgan fingerprint density at radius 3 is 2.71 bits per heavy atom. The van der Waals surface area contributed by atoms with Gasteiger partial charge in [-0.25, -0.2) is 0 Å². The van der Waals surface area contributed by atoms with Gasteiger partial charge in [0.15, 0.2) is 0 Å². The van der Waals surface area contributed by atoms with Crippen LogP contribution in [0.4, 0.5) is 0 Å². The van der Waals surface area contributed by atoms with Crippen molar-refractivity contribution in [1.82, 2.24) is 0 Å². The van der Waals surface area contributed by atoms with Crippen LogP contribution in [-0.4, -0.2) is 12.3 Å². The molecular formula is C12H17NO. The van der Waals surface area contributed by atoms with Crippen molar-refractivity contribution in [1.29, 1.82) is 0 Å². The summed E-state index contributed by atoms with van der Waals surface area (Å²) in [6, 6.07) is 8.02. The highest BCUT2D eigenvalue weighted by atomic mass is 16.5. The first kappa shape index (κ1) is 10.8. The van der Waals surface area contributed by atoms with E-state index in [0.717, 1.165) is 11.3 Å². The van der Waals surface area contributed by atoms with Crippen LogP contribution in [0.15, 0.2) is 29.3 Å². The number of aliphatic imine (C=N–C) groups is 1. The van der Waals surface area contributed by atoms with Crippen molar-refractivity contribution >= 4 is 6.21 Å². The van der Waals surface area contributed by atoms with Crippen molar-refractivity contribution in [3.63, 3.8) is 0 Å². The molecule has 1 aromatic rings. The van der Waals surface area contributed by atoms with E-state index in [2.05, 4.69) is 4.99 Å². The first-order valence-corrected chi connectivity index (χ1v) is 4.93. The fourth-order valence-corrected chi connectivity index (χ4v) is 1.19. The fraction of sp³-hybridized carbons (Fsp3) is 0.417. The van der Waals surface area contributed by atoms with Gasteiger partial charge in [-0.05, 0) is 33.1 Å². The SMILES string of the molecule is C/C=N\Cc1ccccc1OC(C)C. The monoisotopic (exact) mass is 191 g/mol. The minimum atomic E-state index is 0.210. The van der Waals surface area contributed by atoms with Gasteiger partial charge in [0.25, 0.3) is 0 Å². The van der Waals surface area contributed by atoms with Gasteiger partial charge in [-0.3, -0.25) is 4.99 Å². The average molecular weight is 191 g/mol. The molecule has 0 N–H and O–H groups in total. The molecule has 76 valence electrons. The van der Waals surface area contributed by atoms with Gasteiger partial charge in [-0.15, -0.1) is 0 Å². The molecule has 0 saturated carbocycles. The summed E-state index contributed by atoms with van der Waals surface area (Å²) in [5.41, 5.74) is 1.14. The molecule has 14 heavy (non-hydrogen) atoms. The summed E-state index contributed by atoms with van der Waals surface area (Å²) in [7, 11) is 0. The maximum Gasteiger partial charge on any atom is 0.124 e. The van der Waals surface area contributed by atoms with E-state index in [4.69, 9.17) is 4.74 Å².